The lowest BCUT2D eigenvalue weighted by atomic mass is 10.0. The third-order valence-corrected chi connectivity index (χ3v) is 3.40. The number of hydrogen-bond donors (Lipinski definition) is 2. The van der Waals surface area contributed by atoms with Crippen LogP contribution in [-0.4, -0.2) is 42.5 Å². The van der Waals surface area contributed by atoms with Crippen molar-refractivity contribution in [2.75, 3.05) is 26.0 Å². The van der Waals surface area contributed by atoms with E-state index in [9.17, 15) is 14.9 Å². The number of hydrogen-bond acceptors (Lipinski definition) is 4. The highest BCUT2D eigenvalue weighted by molar-refractivity contribution is 6.33. The number of nitrogens with one attached hydrogen (secondary N) is 2. The summed E-state index contributed by atoms with van der Waals surface area (Å²) >= 11 is 5.97. The molecule has 0 aliphatic rings. The van der Waals surface area contributed by atoms with Gasteiger partial charge in [0.1, 0.15) is 0 Å². The second-order valence-electron chi connectivity index (χ2n) is 6.11. The van der Waals surface area contributed by atoms with Gasteiger partial charge in [-0.25, -0.2) is 4.79 Å². The lowest BCUT2D eigenvalue weighted by Gasteiger charge is -2.24. The molecule has 7 nitrogen and oxygen atoms in total. The highest BCUT2D eigenvalue weighted by Gasteiger charge is 2.16. The van der Waals surface area contributed by atoms with E-state index in [0.29, 0.717) is 11.6 Å². The van der Waals surface area contributed by atoms with Crippen LogP contribution in [-0.2, 0) is 0 Å². The van der Waals surface area contributed by atoms with Gasteiger partial charge in [0.2, 0.25) is 0 Å². The minimum atomic E-state index is -0.536. The number of nitrogens with zero attached hydrogens (tertiary/aromatic N) is 2. The molecule has 1 aromatic carbocycles. The van der Waals surface area contributed by atoms with Crippen molar-refractivity contribution >= 4 is 29.0 Å². The predicted octanol–water partition coefficient (Wildman–Crippen LogP) is 3.35. The molecule has 0 heterocycles. The van der Waals surface area contributed by atoms with Gasteiger partial charge >= 0.3 is 6.03 Å². The summed E-state index contributed by atoms with van der Waals surface area (Å²) in [5, 5.41) is 16.3. The van der Waals surface area contributed by atoms with Crippen LogP contribution in [0.15, 0.2) is 18.2 Å². The zero-order chi connectivity index (χ0) is 17.6. The summed E-state index contributed by atoms with van der Waals surface area (Å²) in [6.45, 7) is 4.91. The summed E-state index contributed by atoms with van der Waals surface area (Å²) in [4.78, 5) is 24.3. The molecule has 0 spiro atoms. The van der Waals surface area contributed by atoms with E-state index in [1.54, 1.807) is 0 Å². The number of carbonyl (C=O) groups is 1. The van der Waals surface area contributed by atoms with Crippen molar-refractivity contribution in [3.63, 3.8) is 0 Å². The molecule has 1 unspecified atom stereocenters. The van der Waals surface area contributed by atoms with E-state index in [-0.39, 0.29) is 22.8 Å². The van der Waals surface area contributed by atoms with Crippen LogP contribution in [0.4, 0.5) is 16.2 Å². The number of benzene rings is 1. The fourth-order valence-corrected chi connectivity index (χ4v) is 2.47. The number of rotatable bonds is 7. The first kappa shape index (κ1) is 19.2. The highest BCUT2D eigenvalue weighted by atomic mass is 35.5. The Hall–Kier alpha value is -1.86. The van der Waals surface area contributed by atoms with Crippen LogP contribution in [0.3, 0.4) is 0 Å². The zero-order valence-electron chi connectivity index (χ0n) is 13.8. The first-order valence-electron chi connectivity index (χ1n) is 7.35. The van der Waals surface area contributed by atoms with E-state index in [1.807, 2.05) is 19.0 Å². The molecule has 0 saturated carbocycles. The number of halogens is 1. The van der Waals surface area contributed by atoms with Crippen LogP contribution in [0.1, 0.15) is 20.3 Å². The first-order chi connectivity index (χ1) is 10.7. The van der Waals surface area contributed by atoms with Gasteiger partial charge in [-0.3, -0.25) is 10.1 Å². The molecule has 2 N–H and O–H groups in total. The Morgan fingerprint density at radius 3 is 2.52 bits per heavy atom. The number of non-ortho nitro benzene ring substituents is 1. The molecule has 0 aliphatic carbocycles. The number of amides is 2. The maximum absolute atomic E-state index is 12.1. The van der Waals surface area contributed by atoms with Crippen molar-refractivity contribution in [2.45, 2.75) is 26.3 Å². The quantitative estimate of drug-likeness (QED) is 0.587. The molecule has 0 bridgehead atoms. The Bertz CT molecular complexity index is 554. The van der Waals surface area contributed by atoms with Crippen molar-refractivity contribution in [3.05, 3.63) is 33.3 Å². The molecule has 8 heteroatoms. The average molecular weight is 343 g/mol. The van der Waals surface area contributed by atoms with Gasteiger partial charge in [0.15, 0.2) is 0 Å². The number of nitro benzene ring substituents is 1. The van der Waals surface area contributed by atoms with E-state index in [1.165, 1.54) is 18.2 Å². The Morgan fingerprint density at radius 1 is 1.39 bits per heavy atom. The van der Waals surface area contributed by atoms with E-state index < -0.39 is 4.92 Å². The summed E-state index contributed by atoms with van der Waals surface area (Å²) in [6.07, 6.45) is 0.847. The summed E-state index contributed by atoms with van der Waals surface area (Å²) in [6, 6.07) is 3.55. The largest absolute Gasteiger partial charge is 0.334 e. The standard InChI is InChI=1S/C15H23ClN4O3/c1-10(2)7-11(9-19(3)4)17-15(21)18-14-6-5-12(20(22)23)8-13(14)16/h5-6,8,10-11H,7,9H2,1-4H3,(H2,17,18,21). The number of anilines is 1. The van der Waals surface area contributed by atoms with E-state index in [2.05, 4.69) is 24.5 Å². The van der Waals surface area contributed by atoms with Crippen molar-refractivity contribution in [2.24, 2.45) is 5.92 Å². The molecule has 0 aromatic heterocycles. The monoisotopic (exact) mass is 342 g/mol. The van der Waals surface area contributed by atoms with Crippen LogP contribution in [0.5, 0.6) is 0 Å². The molecule has 2 amide bonds. The van der Waals surface area contributed by atoms with Gasteiger partial charge in [0, 0.05) is 24.7 Å². The molecule has 0 aliphatic heterocycles. The SMILES string of the molecule is CC(C)CC(CN(C)C)NC(=O)Nc1ccc([N+](=O)[O-])cc1Cl. The normalized spacial score (nSPS) is 12.3. The van der Waals surface area contributed by atoms with Crippen LogP contribution < -0.4 is 10.6 Å². The van der Waals surface area contributed by atoms with E-state index in [0.717, 1.165) is 13.0 Å². The fourth-order valence-electron chi connectivity index (χ4n) is 2.25. The van der Waals surface area contributed by atoms with Crippen molar-refractivity contribution in [1.29, 1.82) is 0 Å². The van der Waals surface area contributed by atoms with Crippen LogP contribution in [0.2, 0.25) is 5.02 Å². The number of likely N-dealkylation sites (N-methyl/N-ethyl adjacent to an activating group) is 1. The van der Waals surface area contributed by atoms with Crippen LogP contribution >= 0.6 is 11.6 Å². The molecule has 1 aromatic rings. The molecule has 1 atom stereocenters. The lowest BCUT2D eigenvalue weighted by Crippen LogP contribution is -2.44. The minimum Gasteiger partial charge on any atom is -0.334 e. The van der Waals surface area contributed by atoms with Gasteiger partial charge < -0.3 is 15.5 Å². The third kappa shape index (κ3) is 6.83. The molecule has 23 heavy (non-hydrogen) atoms. The van der Waals surface area contributed by atoms with E-state index >= 15 is 0 Å². The van der Waals surface area contributed by atoms with Gasteiger partial charge in [-0.15, -0.1) is 0 Å². The summed E-state index contributed by atoms with van der Waals surface area (Å²) in [5.41, 5.74) is 0.217. The predicted molar refractivity (Wildman–Crippen MR) is 92.1 cm³/mol. The van der Waals surface area contributed by atoms with Gasteiger partial charge in [0.25, 0.3) is 5.69 Å². The minimum absolute atomic E-state index is 0.00169. The van der Waals surface area contributed by atoms with Crippen molar-refractivity contribution in [1.82, 2.24) is 10.2 Å². The second kappa shape index (κ2) is 8.69. The molecule has 1 rings (SSSR count). The van der Waals surface area contributed by atoms with Crippen molar-refractivity contribution in [3.8, 4) is 0 Å². The molecular formula is C15H23ClN4O3. The Morgan fingerprint density at radius 2 is 2.04 bits per heavy atom. The zero-order valence-corrected chi connectivity index (χ0v) is 14.6. The molecule has 0 saturated heterocycles. The van der Waals surface area contributed by atoms with Crippen LogP contribution in [0, 0.1) is 16.0 Å². The Labute approximate surface area is 141 Å². The third-order valence-electron chi connectivity index (χ3n) is 3.09. The van der Waals surface area contributed by atoms with Gasteiger partial charge in [-0.2, -0.15) is 0 Å². The van der Waals surface area contributed by atoms with E-state index in [4.69, 9.17) is 11.6 Å². The molecular weight excluding hydrogens is 320 g/mol. The smallest absolute Gasteiger partial charge is 0.319 e. The molecule has 0 fully saturated rings. The lowest BCUT2D eigenvalue weighted by molar-refractivity contribution is -0.384. The fraction of sp³-hybridized carbons (Fsp3) is 0.533. The van der Waals surface area contributed by atoms with Crippen molar-refractivity contribution < 1.29 is 9.72 Å². The van der Waals surface area contributed by atoms with Crippen LogP contribution in [0.25, 0.3) is 0 Å². The summed E-state index contributed by atoms with van der Waals surface area (Å²) in [5.74, 6) is 0.447. The first-order valence-corrected chi connectivity index (χ1v) is 7.73. The maximum Gasteiger partial charge on any atom is 0.319 e. The number of nitro groups is 1. The topological polar surface area (TPSA) is 87.5 Å². The summed E-state index contributed by atoms with van der Waals surface area (Å²) < 4.78 is 0. The van der Waals surface area contributed by atoms with Gasteiger partial charge in [-0.1, -0.05) is 25.4 Å². The number of urea groups is 1. The highest BCUT2D eigenvalue weighted by Crippen LogP contribution is 2.26. The summed E-state index contributed by atoms with van der Waals surface area (Å²) in [7, 11) is 3.89. The molecule has 0 radical (unpaired) electrons. The average Bonchev–Trinajstić information content (AvgIpc) is 2.39. The Balaban J connectivity index is 2.72. The Kier molecular flexibility index (Phi) is 7.25. The second-order valence-corrected chi connectivity index (χ2v) is 6.52. The van der Waals surface area contributed by atoms with Gasteiger partial charge in [0.05, 0.1) is 15.6 Å². The number of carbonyl (C=O) groups excluding carboxylic acids is 1. The molecule has 128 valence electrons. The maximum atomic E-state index is 12.1. The van der Waals surface area contributed by atoms with Gasteiger partial charge in [-0.05, 0) is 32.5 Å².